The van der Waals surface area contributed by atoms with Crippen LogP contribution in [0.1, 0.15) is 50.4 Å². The monoisotopic (exact) mass is 386 g/mol. The molecule has 2 saturated heterocycles. The third kappa shape index (κ3) is 1.90. The second-order valence-corrected chi connectivity index (χ2v) is 9.39. The highest BCUT2D eigenvalue weighted by molar-refractivity contribution is 5.89. The van der Waals surface area contributed by atoms with Crippen LogP contribution < -0.4 is 0 Å². The summed E-state index contributed by atoms with van der Waals surface area (Å²) >= 11 is 0. The van der Waals surface area contributed by atoms with Crippen LogP contribution in [-0.2, 0) is 19.0 Å². The van der Waals surface area contributed by atoms with Crippen molar-refractivity contribution >= 4 is 11.9 Å². The molecule has 1 unspecified atom stereocenters. The van der Waals surface area contributed by atoms with E-state index < -0.39 is 22.2 Å². The molecule has 0 amide bonds. The second kappa shape index (κ2) is 5.36. The largest absolute Gasteiger partial charge is 0.458 e. The third-order valence-corrected chi connectivity index (χ3v) is 8.48. The number of carbonyl (C=O) groups is 2. The van der Waals surface area contributed by atoms with Gasteiger partial charge in [-0.05, 0) is 12.1 Å². The van der Waals surface area contributed by atoms with E-state index in [1.54, 1.807) is 24.3 Å². The van der Waals surface area contributed by atoms with E-state index >= 15 is 0 Å². The maximum Gasteiger partial charge on any atom is 0.338 e. The van der Waals surface area contributed by atoms with Crippen LogP contribution in [0.15, 0.2) is 30.3 Å². The van der Waals surface area contributed by atoms with Gasteiger partial charge in [0, 0.05) is 35.5 Å². The number of hydrogen-bond acceptors (Lipinski definition) is 6. The first-order valence-corrected chi connectivity index (χ1v) is 10.0. The minimum Gasteiger partial charge on any atom is -0.458 e. The Morgan fingerprint density at radius 1 is 1.25 bits per heavy atom. The van der Waals surface area contributed by atoms with Gasteiger partial charge < -0.3 is 19.3 Å². The lowest BCUT2D eigenvalue weighted by Crippen LogP contribution is -2.64. The predicted molar refractivity (Wildman–Crippen MR) is 98.1 cm³/mol. The Kier molecular flexibility index (Phi) is 3.47. The van der Waals surface area contributed by atoms with Crippen molar-refractivity contribution in [2.45, 2.75) is 57.5 Å². The first-order valence-electron chi connectivity index (χ1n) is 10.0. The van der Waals surface area contributed by atoms with E-state index in [4.69, 9.17) is 14.2 Å². The van der Waals surface area contributed by atoms with Crippen molar-refractivity contribution in [3.8, 4) is 0 Å². The summed E-state index contributed by atoms with van der Waals surface area (Å²) in [6.07, 6.45) is 0.608. The molecule has 2 saturated carbocycles. The molecular formula is C22H26O6. The number of esters is 2. The summed E-state index contributed by atoms with van der Waals surface area (Å²) in [6.45, 7) is 6.34. The number of hydrogen-bond donors (Lipinski definition) is 1. The molecule has 150 valence electrons. The van der Waals surface area contributed by atoms with E-state index in [1.807, 2.05) is 26.8 Å². The molecule has 1 aromatic carbocycles. The van der Waals surface area contributed by atoms with Gasteiger partial charge in [0.2, 0.25) is 0 Å². The molecule has 0 aromatic heterocycles. The van der Waals surface area contributed by atoms with Crippen LogP contribution in [-0.4, -0.2) is 41.1 Å². The Bertz CT molecular complexity index is 854. The number of ether oxygens (including phenoxy) is 3. The molecule has 1 aromatic rings. The van der Waals surface area contributed by atoms with Gasteiger partial charge in [0.25, 0.3) is 0 Å². The van der Waals surface area contributed by atoms with E-state index in [1.165, 1.54) is 0 Å². The highest BCUT2D eigenvalue weighted by Gasteiger charge is 2.84. The smallest absolute Gasteiger partial charge is 0.338 e. The zero-order valence-electron chi connectivity index (χ0n) is 16.4. The zero-order valence-corrected chi connectivity index (χ0v) is 16.4. The molecule has 0 radical (unpaired) electrons. The second-order valence-electron chi connectivity index (χ2n) is 9.39. The van der Waals surface area contributed by atoms with E-state index in [-0.39, 0.29) is 36.3 Å². The van der Waals surface area contributed by atoms with Gasteiger partial charge in [0.15, 0.2) is 5.79 Å². The Balaban J connectivity index is 1.54. The van der Waals surface area contributed by atoms with Gasteiger partial charge in [-0.1, -0.05) is 39.0 Å². The molecule has 5 rings (SSSR count). The van der Waals surface area contributed by atoms with Gasteiger partial charge in [-0.25, -0.2) is 4.79 Å². The molecule has 2 heterocycles. The summed E-state index contributed by atoms with van der Waals surface area (Å²) in [5, 5.41) is 11.2. The maximum absolute atomic E-state index is 12.7. The molecule has 2 aliphatic heterocycles. The molecular weight excluding hydrogens is 360 g/mol. The van der Waals surface area contributed by atoms with Crippen LogP contribution >= 0.6 is 0 Å². The lowest BCUT2D eigenvalue weighted by atomic mass is 9.48. The average Bonchev–Trinajstić information content (AvgIpc) is 3.15. The normalized spacial score (nSPS) is 48.7. The van der Waals surface area contributed by atoms with E-state index in [2.05, 4.69) is 0 Å². The highest BCUT2D eigenvalue weighted by Crippen LogP contribution is 2.76. The Labute approximate surface area is 164 Å². The minimum atomic E-state index is -1.28. The van der Waals surface area contributed by atoms with Crippen LogP contribution in [0.3, 0.4) is 0 Å². The van der Waals surface area contributed by atoms with Crippen molar-refractivity contribution in [3.05, 3.63) is 35.9 Å². The van der Waals surface area contributed by atoms with Gasteiger partial charge in [-0.3, -0.25) is 4.79 Å². The fourth-order valence-electron chi connectivity index (χ4n) is 6.68. The quantitative estimate of drug-likeness (QED) is 0.787. The molecule has 6 heteroatoms. The lowest BCUT2D eigenvalue weighted by Gasteiger charge is -2.56. The molecule has 1 N–H and O–H groups in total. The molecule has 0 spiro atoms. The third-order valence-electron chi connectivity index (χ3n) is 8.48. The van der Waals surface area contributed by atoms with Crippen LogP contribution in [0, 0.1) is 22.7 Å². The van der Waals surface area contributed by atoms with Crippen LogP contribution in [0.2, 0.25) is 0 Å². The van der Waals surface area contributed by atoms with Crippen LogP contribution in [0.5, 0.6) is 0 Å². The maximum atomic E-state index is 12.7. The molecule has 4 aliphatic rings. The van der Waals surface area contributed by atoms with Gasteiger partial charge in [0.05, 0.1) is 18.6 Å². The summed E-state index contributed by atoms with van der Waals surface area (Å²) in [6, 6.07) is 8.92. The zero-order chi connectivity index (χ0) is 19.9. The van der Waals surface area contributed by atoms with Crippen molar-refractivity contribution in [2.75, 3.05) is 6.61 Å². The van der Waals surface area contributed by atoms with Crippen molar-refractivity contribution in [3.63, 3.8) is 0 Å². The van der Waals surface area contributed by atoms with E-state index in [9.17, 15) is 14.7 Å². The van der Waals surface area contributed by atoms with Crippen LogP contribution in [0.4, 0.5) is 0 Å². The molecule has 28 heavy (non-hydrogen) atoms. The van der Waals surface area contributed by atoms with E-state index in [0.717, 1.165) is 0 Å². The molecule has 2 bridgehead atoms. The first-order chi connectivity index (χ1) is 13.2. The number of fused-ring (bicyclic) bond motifs is 2. The van der Waals surface area contributed by atoms with Crippen molar-refractivity contribution in [1.82, 2.24) is 0 Å². The van der Waals surface area contributed by atoms with Crippen molar-refractivity contribution in [2.24, 2.45) is 22.7 Å². The summed E-state index contributed by atoms with van der Waals surface area (Å²) in [5.74, 6) is -2.20. The lowest BCUT2D eigenvalue weighted by molar-refractivity contribution is -0.257. The first kappa shape index (κ1) is 18.1. The Hall–Kier alpha value is -1.92. The SMILES string of the molecule is C[C@@H]1C(OC(=O)c2ccccc2)C[C@]23OC(=O)C[C@]12C[C@@]1(O)OC[C@@]3(C)[C@@H]1C. The fraction of sp³-hybridized carbons (Fsp3) is 0.636. The van der Waals surface area contributed by atoms with Gasteiger partial charge >= 0.3 is 11.9 Å². The Morgan fingerprint density at radius 2 is 1.96 bits per heavy atom. The molecule has 4 fully saturated rings. The summed E-state index contributed by atoms with van der Waals surface area (Å²) in [7, 11) is 0. The fourth-order valence-corrected chi connectivity index (χ4v) is 6.68. The predicted octanol–water partition coefficient (Wildman–Crippen LogP) is 2.69. The number of aliphatic hydroxyl groups is 1. The summed E-state index contributed by atoms with van der Waals surface area (Å²) in [4.78, 5) is 25.2. The molecule has 6 nitrogen and oxygen atoms in total. The number of rotatable bonds is 2. The topological polar surface area (TPSA) is 82.1 Å². The summed E-state index contributed by atoms with van der Waals surface area (Å²) in [5.41, 5.74) is -1.42. The number of carbonyl (C=O) groups excluding carboxylic acids is 2. The van der Waals surface area contributed by atoms with E-state index in [0.29, 0.717) is 25.0 Å². The van der Waals surface area contributed by atoms with Crippen molar-refractivity contribution < 1.29 is 28.9 Å². The van der Waals surface area contributed by atoms with Gasteiger partial charge in [-0.2, -0.15) is 0 Å². The average molecular weight is 386 g/mol. The highest BCUT2D eigenvalue weighted by atomic mass is 16.6. The minimum absolute atomic E-state index is 0.133. The van der Waals surface area contributed by atoms with Gasteiger partial charge in [0.1, 0.15) is 11.7 Å². The molecule has 7 atom stereocenters. The van der Waals surface area contributed by atoms with Crippen LogP contribution in [0.25, 0.3) is 0 Å². The standard InChI is InChI=1S/C22H26O6/c1-13-16(27-18(24)15-7-5-4-6-8-15)9-22-19(3)12-26-21(25,14(19)2)11-20(13,22)10-17(23)28-22/h4-8,13-14,16,25H,9-12H2,1-3H3/t13-,14+,16?,19+,20+,21-,22-/m1/s1. The van der Waals surface area contributed by atoms with Crippen molar-refractivity contribution in [1.29, 1.82) is 0 Å². The van der Waals surface area contributed by atoms with Gasteiger partial charge in [-0.15, -0.1) is 0 Å². The molecule has 2 aliphatic carbocycles. The Morgan fingerprint density at radius 3 is 2.68 bits per heavy atom. The number of benzene rings is 1. The summed E-state index contributed by atoms with van der Waals surface area (Å²) < 4.78 is 17.9.